The Balaban J connectivity index is 1.21. The van der Waals surface area contributed by atoms with E-state index in [2.05, 4.69) is 20.8 Å². The van der Waals surface area contributed by atoms with Crippen LogP contribution in [0, 0.1) is 0 Å². The molecule has 4 heterocycles. The van der Waals surface area contributed by atoms with Gasteiger partial charge in [-0.1, -0.05) is 65.8 Å². The largest absolute Gasteiger partial charge is 0.422 e. The van der Waals surface area contributed by atoms with Gasteiger partial charge >= 0.3 is 11.7 Å². The van der Waals surface area contributed by atoms with Crippen LogP contribution in [0.5, 0.6) is 0 Å². The van der Waals surface area contributed by atoms with E-state index in [-0.39, 0.29) is 5.89 Å². The first-order valence-electron chi connectivity index (χ1n) is 13.3. The van der Waals surface area contributed by atoms with Gasteiger partial charge in [-0.2, -0.15) is 10.1 Å². The highest BCUT2D eigenvalue weighted by atomic mass is 16.5. The standard InChI is InChI=1S/C32H22N6O5/c1-32(30(40)34-31(41)35-32)22-14-11-19(12-15-22)28-33-26(43-37-28)16-13-21-18-38(23-8-3-2-4-9-23)36-27(21)24-17-20-7-5-6-10-25(20)42-29(24)39/h2-18H,1H3,(H2,34,35,40,41)/b16-13+. The number of fused-ring (bicyclic) bond motifs is 1. The summed E-state index contributed by atoms with van der Waals surface area (Å²) in [4.78, 5) is 41.4. The van der Waals surface area contributed by atoms with E-state index in [0.717, 1.165) is 11.1 Å². The van der Waals surface area contributed by atoms with E-state index in [9.17, 15) is 14.4 Å². The summed E-state index contributed by atoms with van der Waals surface area (Å²) in [5, 5.41) is 14.5. The third-order valence-corrected chi connectivity index (χ3v) is 7.27. The number of nitrogens with zero attached hydrogens (tertiary/aromatic N) is 4. The summed E-state index contributed by atoms with van der Waals surface area (Å²) in [5.41, 5.74) is 2.32. The molecule has 7 rings (SSSR count). The molecule has 11 heteroatoms. The molecular formula is C32H22N6O5. The van der Waals surface area contributed by atoms with E-state index in [1.165, 1.54) is 0 Å². The lowest BCUT2D eigenvalue weighted by atomic mass is 9.91. The van der Waals surface area contributed by atoms with Crippen LogP contribution in [-0.4, -0.2) is 31.9 Å². The molecule has 6 aromatic rings. The summed E-state index contributed by atoms with van der Waals surface area (Å²) in [6.07, 6.45) is 5.20. The van der Waals surface area contributed by atoms with E-state index in [1.54, 1.807) is 60.2 Å². The minimum Gasteiger partial charge on any atom is -0.422 e. The molecular weight excluding hydrogens is 548 g/mol. The molecule has 2 N–H and O–H groups in total. The van der Waals surface area contributed by atoms with Crippen LogP contribution in [0.1, 0.15) is 23.9 Å². The highest BCUT2D eigenvalue weighted by Gasteiger charge is 2.43. The molecule has 3 aromatic carbocycles. The van der Waals surface area contributed by atoms with E-state index in [4.69, 9.17) is 14.0 Å². The van der Waals surface area contributed by atoms with Crippen molar-refractivity contribution in [1.29, 1.82) is 0 Å². The van der Waals surface area contributed by atoms with Crippen molar-refractivity contribution in [2.45, 2.75) is 12.5 Å². The van der Waals surface area contributed by atoms with Crippen LogP contribution in [0.4, 0.5) is 4.79 Å². The van der Waals surface area contributed by atoms with E-state index in [0.29, 0.717) is 39.4 Å². The lowest BCUT2D eigenvalue weighted by molar-refractivity contribution is -0.123. The predicted octanol–water partition coefficient (Wildman–Crippen LogP) is 4.92. The van der Waals surface area contributed by atoms with Crippen molar-refractivity contribution in [3.8, 4) is 28.3 Å². The summed E-state index contributed by atoms with van der Waals surface area (Å²) in [6.45, 7) is 1.63. The first kappa shape index (κ1) is 25.8. The van der Waals surface area contributed by atoms with Crippen LogP contribution in [-0.2, 0) is 10.3 Å². The molecule has 43 heavy (non-hydrogen) atoms. The summed E-state index contributed by atoms with van der Waals surface area (Å²) in [5.74, 6) is 0.151. The van der Waals surface area contributed by atoms with Crippen molar-refractivity contribution in [3.63, 3.8) is 0 Å². The molecule has 0 aliphatic carbocycles. The highest BCUT2D eigenvalue weighted by Crippen LogP contribution is 2.28. The van der Waals surface area contributed by atoms with E-state index < -0.39 is 23.1 Å². The smallest absolute Gasteiger partial charge is 0.345 e. The summed E-state index contributed by atoms with van der Waals surface area (Å²) >= 11 is 0. The quantitative estimate of drug-likeness (QED) is 0.212. The fourth-order valence-corrected chi connectivity index (χ4v) is 4.94. The molecule has 0 spiro atoms. The second-order valence-corrected chi connectivity index (χ2v) is 10.1. The Hall–Kier alpha value is -6.10. The molecule has 11 nitrogen and oxygen atoms in total. The number of urea groups is 1. The number of rotatable bonds is 6. The number of carbonyl (C=O) groups excluding carboxylic acids is 2. The molecule has 1 fully saturated rings. The van der Waals surface area contributed by atoms with Gasteiger partial charge in [0.05, 0.1) is 11.3 Å². The number of benzene rings is 3. The summed E-state index contributed by atoms with van der Waals surface area (Å²) in [6, 6.07) is 25.0. The molecule has 3 aromatic heterocycles. The van der Waals surface area contributed by atoms with Gasteiger partial charge in [-0.15, -0.1) is 0 Å². The monoisotopic (exact) mass is 570 g/mol. The minimum absolute atomic E-state index is 0.234. The molecule has 1 unspecified atom stereocenters. The predicted molar refractivity (Wildman–Crippen MR) is 158 cm³/mol. The fraction of sp³-hybridized carbons (Fsp3) is 0.0625. The second-order valence-electron chi connectivity index (χ2n) is 10.1. The molecule has 3 amide bonds. The van der Waals surface area contributed by atoms with Crippen molar-refractivity contribution in [2.75, 3.05) is 0 Å². The van der Waals surface area contributed by atoms with Gasteiger partial charge in [0, 0.05) is 28.8 Å². The van der Waals surface area contributed by atoms with Crippen LogP contribution in [0.2, 0.25) is 0 Å². The molecule has 0 radical (unpaired) electrons. The maximum Gasteiger partial charge on any atom is 0.345 e. The lowest BCUT2D eigenvalue weighted by Crippen LogP contribution is -2.40. The van der Waals surface area contributed by atoms with Crippen LogP contribution >= 0.6 is 0 Å². The maximum absolute atomic E-state index is 13.0. The number of nitrogens with one attached hydrogen (secondary N) is 2. The molecule has 1 aliphatic rings. The van der Waals surface area contributed by atoms with Crippen LogP contribution in [0.3, 0.4) is 0 Å². The number of imide groups is 1. The fourth-order valence-electron chi connectivity index (χ4n) is 4.94. The van der Waals surface area contributed by atoms with Crippen molar-refractivity contribution in [1.82, 2.24) is 30.6 Å². The van der Waals surface area contributed by atoms with Gasteiger partial charge in [0.15, 0.2) is 0 Å². The van der Waals surface area contributed by atoms with Gasteiger partial charge in [0.2, 0.25) is 5.82 Å². The van der Waals surface area contributed by atoms with Crippen LogP contribution < -0.4 is 16.3 Å². The van der Waals surface area contributed by atoms with Crippen LogP contribution in [0.25, 0.3) is 51.5 Å². The zero-order valence-electron chi connectivity index (χ0n) is 22.6. The second kappa shape index (κ2) is 10.1. The summed E-state index contributed by atoms with van der Waals surface area (Å²) < 4.78 is 12.7. The van der Waals surface area contributed by atoms with Crippen LogP contribution in [0.15, 0.2) is 105 Å². The summed E-state index contributed by atoms with van der Waals surface area (Å²) in [7, 11) is 0. The van der Waals surface area contributed by atoms with E-state index >= 15 is 0 Å². The zero-order valence-corrected chi connectivity index (χ0v) is 22.6. The SMILES string of the molecule is CC1(c2ccc(-c3noc(/C=C/c4cn(-c5ccccc5)nc4-c4cc5ccccc5oc4=O)n3)cc2)NC(=O)NC1=O. The highest BCUT2D eigenvalue weighted by molar-refractivity contribution is 6.07. The number of hydrogen-bond acceptors (Lipinski definition) is 8. The third kappa shape index (κ3) is 4.68. The molecule has 1 saturated heterocycles. The number of carbonyl (C=O) groups is 2. The maximum atomic E-state index is 13.0. The van der Waals surface area contributed by atoms with Gasteiger partial charge < -0.3 is 14.3 Å². The average molecular weight is 571 g/mol. The van der Waals surface area contributed by atoms with Crippen molar-refractivity contribution >= 4 is 35.1 Å². The Morgan fingerprint density at radius 3 is 2.44 bits per heavy atom. The average Bonchev–Trinajstić information content (AvgIpc) is 3.74. The van der Waals surface area contributed by atoms with Crippen molar-refractivity contribution < 1.29 is 18.5 Å². The topological polar surface area (TPSA) is 145 Å². The van der Waals surface area contributed by atoms with Gasteiger partial charge in [0.25, 0.3) is 11.8 Å². The molecule has 0 bridgehead atoms. The number of hydrogen-bond donors (Lipinski definition) is 2. The lowest BCUT2D eigenvalue weighted by Gasteiger charge is -2.20. The van der Waals surface area contributed by atoms with Crippen molar-refractivity contribution in [2.24, 2.45) is 0 Å². The Morgan fingerprint density at radius 1 is 0.907 bits per heavy atom. The minimum atomic E-state index is -1.16. The van der Waals surface area contributed by atoms with Gasteiger partial charge in [-0.05, 0) is 42.8 Å². The number of para-hydroxylation sites is 2. The van der Waals surface area contributed by atoms with Gasteiger partial charge in [-0.25, -0.2) is 14.3 Å². The van der Waals surface area contributed by atoms with Gasteiger partial charge in [-0.3, -0.25) is 10.1 Å². The first-order valence-corrected chi connectivity index (χ1v) is 13.3. The normalized spacial score (nSPS) is 16.6. The molecule has 1 atom stereocenters. The van der Waals surface area contributed by atoms with E-state index in [1.807, 2.05) is 54.7 Å². The zero-order chi connectivity index (χ0) is 29.6. The molecule has 0 saturated carbocycles. The Morgan fingerprint density at radius 2 is 1.67 bits per heavy atom. The Kier molecular flexibility index (Phi) is 6.05. The number of amides is 3. The molecule has 210 valence electrons. The van der Waals surface area contributed by atoms with Crippen molar-refractivity contribution in [3.05, 3.63) is 119 Å². The Bertz CT molecular complexity index is 2110. The molecule has 1 aliphatic heterocycles. The Labute approximate surface area is 243 Å². The number of aromatic nitrogens is 4. The first-order chi connectivity index (χ1) is 20.9. The third-order valence-electron chi connectivity index (χ3n) is 7.27. The van der Waals surface area contributed by atoms with Gasteiger partial charge in [0.1, 0.15) is 16.8 Å².